The number of carbonyl (C=O) groups excluding carboxylic acids is 1. The van der Waals surface area contributed by atoms with Crippen LogP contribution in [0.3, 0.4) is 0 Å². The predicted molar refractivity (Wildman–Crippen MR) is 59.3 cm³/mol. The Morgan fingerprint density at radius 1 is 1.53 bits per heavy atom. The summed E-state index contributed by atoms with van der Waals surface area (Å²) in [6.07, 6.45) is 0. The third kappa shape index (κ3) is 3.32. The number of rotatable bonds is 3. The average Bonchev–Trinajstić information content (AvgIpc) is 2.26. The van der Waals surface area contributed by atoms with E-state index in [4.69, 9.17) is 16.3 Å². The lowest BCUT2D eigenvalue weighted by Gasteiger charge is -2.07. The van der Waals surface area contributed by atoms with Crippen LogP contribution in [0.5, 0.6) is 5.75 Å². The third-order valence-corrected chi connectivity index (χ3v) is 2.19. The van der Waals surface area contributed by atoms with Crippen molar-refractivity contribution in [1.82, 2.24) is 10.6 Å². The lowest BCUT2D eigenvalue weighted by molar-refractivity contribution is 0.242. The quantitative estimate of drug-likeness (QED) is 0.829. The second-order valence-corrected chi connectivity index (χ2v) is 3.31. The number of nitrogens with one attached hydrogen (secondary N) is 2. The van der Waals surface area contributed by atoms with Crippen molar-refractivity contribution >= 4 is 17.6 Å². The van der Waals surface area contributed by atoms with Crippen LogP contribution in [0.2, 0.25) is 5.02 Å². The number of hydrogen-bond donors (Lipinski definition) is 2. The summed E-state index contributed by atoms with van der Waals surface area (Å²) in [5, 5.41) is 5.66. The summed E-state index contributed by atoms with van der Waals surface area (Å²) < 4.78 is 5.02. The number of urea groups is 1. The highest BCUT2D eigenvalue weighted by Gasteiger charge is 2.02. The zero-order chi connectivity index (χ0) is 11.3. The van der Waals surface area contributed by atoms with Crippen LogP contribution in [0, 0.1) is 0 Å². The van der Waals surface area contributed by atoms with Crippen molar-refractivity contribution < 1.29 is 9.53 Å². The molecule has 0 heterocycles. The molecular formula is C10H13ClN2O2. The molecule has 5 heteroatoms. The number of hydrogen-bond acceptors (Lipinski definition) is 2. The summed E-state index contributed by atoms with van der Waals surface area (Å²) in [4.78, 5) is 10.9. The van der Waals surface area contributed by atoms with Gasteiger partial charge in [0, 0.05) is 13.6 Å². The highest BCUT2D eigenvalue weighted by Crippen LogP contribution is 2.24. The molecule has 0 aliphatic rings. The van der Waals surface area contributed by atoms with Crippen LogP contribution in [-0.4, -0.2) is 20.2 Å². The zero-order valence-corrected chi connectivity index (χ0v) is 9.39. The Bertz CT molecular complexity index is 355. The maximum atomic E-state index is 10.9. The summed E-state index contributed by atoms with van der Waals surface area (Å²) in [6, 6.07) is 5.15. The van der Waals surface area contributed by atoms with E-state index in [-0.39, 0.29) is 6.03 Å². The molecule has 1 rings (SSSR count). The molecule has 2 N–H and O–H groups in total. The maximum absolute atomic E-state index is 10.9. The average molecular weight is 229 g/mol. The summed E-state index contributed by atoms with van der Waals surface area (Å²) in [6.45, 7) is 0.434. The van der Waals surface area contributed by atoms with E-state index in [1.807, 2.05) is 6.07 Å². The molecule has 82 valence electrons. The van der Waals surface area contributed by atoms with Crippen molar-refractivity contribution in [3.63, 3.8) is 0 Å². The Kier molecular flexibility index (Phi) is 4.24. The van der Waals surface area contributed by atoms with E-state index < -0.39 is 0 Å². The van der Waals surface area contributed by atoms with Crippen molar-refractivity contribution in [3.05, 3.63) is 28.8 Å². The van der Waals surface area contributed by atoms with Crippen molar-refractivity contribution in [2.24, 2.45) is 0 Å². The van der Waals surface area contributed by atoms with Crippen molar-refractivity contribution in [2.75, 3.05) is 14.2 Å². The van der Waals surface area contributed by atoms with Crippen molar-refractivity contribution in [1.29, 1.82) is 0 Å². The molecule has 0 atom stereocenters. The smallest absolute Gasteiger partial charge is 0.314 e. The lowest BCUT2D eigenvalue weighted by atomic mass is 10.2. The van der Waals surface area contributed by atoms with Gasteiger partial charge in [-0.1, -0.05) is 17.7 Å². The summed E-state index contributed by atoms with van der Waals surface area (Å²) in [7, 11) is 3.12. The van der Waals surface area contributed by atoms with Crippen LogP contribution in [-0.2, 0) is 6.54 Å². The largest absolute Gasteiger partial charge is 0.495 e. The standard InChI is InChI=1S/C10H13ClN2O2/c1-12-10(14)13-6-7-3-4-9(15-2)8(11)5-7/h3-5H,6H2,1-2H3,(H2,12,13,14). The normalized spacial score (nSPS) is 9.53. The Balaban J connectivity index is 2.63. The summed E-state index contributed by atoms with van der Waals surface area (Å²) in [5.41, 5.74) is 0.921. The number of benzene rings is 1. The first-order valence-electron chi connectivity index (χ1n) is 4.45. The Hall–Kier alpha value is -1.42. The number of amides is 2. The summed E-state index contributed by atoms with van der Waals surface area (Å²) >= 11 is 5.93. The topological polar surface area (TPSA) is 50.4 Å². The maximum Gasteiger partial charge on any atom is 0.314 e. The first kappa shape index (κ1) is 11.7. The highest BCUT2D eigenvalue weighted by molar-refractivity contribution is 6.32. The van der Waals surface area contributed by atoms with Gasteiger partial charge in [0.1, 0.15) is 5.75 Å². The zero-order valence-electron chi connectivity index (χ0n) is 8.63. The van der Waals surface area contributed by atoms with Crippen LogP contribution < -0.4 is 15.4 Å². The molecule has 0 aliphatic heterocycles. The van der Waals surface area contributed by atoms with Gasteiger partial charge in [-0.25, -0.2) is 4.79 Å². The molecule has 0 saturated carbocycles. The Morgan fingerprint density at radius 2 is 2.27 bits per heavy atom. The Morgan fingerprint density at radius 3 is 2.80 bits per heavy atom. The molecule has 0 unspecified atom stereocenters. The molecule has 0 aromatic heterocycles. The lowest BCUT2D eigenvalue weighted by Crippen LogP contribution is -2.32. The minimum atomic E-state index is -0.220. The van der Waals surface area contributed by atoms with E-state index in [2.05, 4.69) is 10.6 Å². The SMILES string of the molecule is CNC(=O)NCc1ccc(OC)c(Cl)c1. The molecule has 15 heavy (non-hydrogen) atoms. The van der Waals surface area contributed by atoms with Gasteiger partial charge in [-0.05, 0) is 17.7 Å². The van der Waals surface area contributed by atoms with Crippen LogP contribution in [0.1, 0.15) is 5.56 Å². The van der Waals surface area contributed by atoms with E-state index in [0.29, 0.717) is 17.3 Å². The molecule has 0 radical (unpaired) electrons. The summed E-state index contributed by atoms with van der Waals surface area (Å²) in [5.74, 6) is 0.625. The molecule has 0 aliphatic carbocycles. The van der Waals surface area contributed by atoms with Gasteiger partial charge in [0.2, 0.25) is 0 Å². The van der Waals surface area contributed by atoms with Gasteiger partial charge in [-0.15, -0.1) is 0 Å². The fraction of sp³-hybridized carbons (Fsp3) is 0.300. The van der Waals surface area contributed by atoms with E-state index in [9.17, 15) is 4.79 Å². The molecule has 0 saturated heterocycles. The molecule has 4 nitrogen and oxygen atoms in total. The molecule has 1 aromatic carbocycles. The van der Waals surface area contributed by atoms with Crippen LogP contribution in [0.4, 0.5) is 4.79 Å². The minimum Gasteiger partial charge on any atom is -0.495 e. The number of halogens is 1. The predicted octanol–water partition coefficient (Wildman–Crippen LogP) is 1.78. The van der Waals surface area contributed by atoms with E-state index >= 15 is 0 Å². The van der Waals surface area contributed by atoms with Crippen LogP contribution >= 0.6 is 11.6 Å². The van der Waals surface area contributed by atoms with Gasteiger partial charge in [-0.2, -0.15) is 0 Å². The monoisotopic (exact) mass is 228 g/mol. The third-order valence-electron chi connectivity index (χ3n) is 1.90. The van der Waals surface area contributed by atoms with Gasteiger partial charge >= 0.3 is 6.03 Å². The first-order valence-corrected chi connectivity index (χ1v) is 4.83. The van der Waals surface area contributed by atoms with E-state index in [1.54, 1.807) is 26.3 Å². The van der Waals surface area contributed by atoms with E-state index in [0.717, 1.165) is 5.56 Å². The number of carbonyl (C=O) groups is 1. The van der Waals surface area contributed by atoms with Crippen molar-refractivity contribution in [2.45, 2.75) is 6.54 Å². The second kappa shape index (κ2) is 5.46. The van der Waals surface area contributed by atoms with Gasteiger partial charge in [-0.3, -0.25) is 0 Å². The van der Waals surface area contributed by atoms with Gasteiger partial charge in [0.25, 0.3) is 0 Å². The fourth-order valence-corrected chi connectivity index (χ4v) is 1.37. The molecule has 0 spiro atoms. The molecule has 0 fully saturated rings. The Labute approximate surface area is 93.6 Å². The molecular weight excluding hydrogens is 216 g/mol. The van der Waals surface area contributed by atoms with Gasteiger partial charge < -0.3 is 15.4 Å². The molecule has 2 amide bonds. The molecule has 0 bridgehead atoms. The highest BCUT2D eigenvalue weighted by atomic mass is 35.5. The fourth-order valence-electron chi connectivity index (χ4n) is 1.09. The van der Waals surface area contributed by atoms with Gasteiger partial charge in [0.15, 0.2) is 0 Å². The van der Waals surface area contributed by atoms with Crippen LogP contribution in [0.15, 0.2) is 18.2 Å². The van der Waals surface area contributed by atoms with E-state index in [1.165, 1.54) is 0 Å². The second-order valence-electron chi connectivity index (χ2n) is 2.90. The van der Waals surface area contributed by atoms with Gasteiger partial charge in [0.05, 0.1) is 12.1 Å². The molecule has 1 aromatic rings. The minimum absolute atomic E-state index is 0.220. The van der Waals surface area contributed by atoms with Crippen LogP contribution in [0.25, 0.3) is 0 Å². The van der Waals surface area contributed by atoms with Crippen molar-refractivity contribution in [3.8, 4) is 5.75 Å². The first-order chi connectivity index (χ1) is 7.17. The number of methoxy groups -OCH3 is 1. The number of ether oxygens (including phenoxy) is 1.